The Balaban J connectivity index is 2.18. The predicted molar refractivity (Wildman–Crippen MR) is 98.3 cm³/mol. The summed E-state index contributed by atoms with van der Waals surface area (Å²) in [6.07, 6.45) is 7.88. The van der Waals surface area contributed by atoms with Crippen molar-refractivity contribution in [3.8, 4) is 0 Å². The zero-order chi connectivity index (χ0) is 16.3. The second-order valence-corrected chi connectivity index (χ2v) is 5.67. The molecule has 0 radical (unpaired) electrons. The molecule has 0 fully saturated rings. The van der Waals surface area contributed by atoms with Crippen LogP contribution in [-0.2, 0) is 4.74 Å². The van der Waals surface area contributed by atoms with Gasteiger partial charge in [-0.15, -0.1) is 13.2 Å². The molecule has 2 aromatic rings. The molecular formula is C22H26O. The standard InChI is InChI=1S/C22H26O/c1-3-5-17-21(19-13-9-7-10-14-19)23-22(18-6-4-2)20-15-11-8-12-16-20/h3-4,7-16,21-22H,1-2,5-6,17-18H2. The van der Waals surface area contributed by atoms with Gasteiger partial charge in [-0.3, -0.25) is 0 Å². The third kappa shape index (κ3) is 5.54. The van der Waals surface area contributed by atoms with Crippen LogP contribution in [0, 0.1) is 0 Å². The molecule has 0 aliphatic rings. The van der Waals surface area contributed by atoms with Crippen LogP contribution in [0.2, 0.25) is 0 Å². The molecule has 0 heterocycles. The first-order chi connectivity index (χ1) is 11.3. The van der Waals surface area contributed by atoms with E-state index in [4.69, 9.17) is 4.74 Å². The highest BCUT2D eigenvalue weighted by Gasteiger charge is 2.19. The van der Waals surface area contributed by atoms with Crippen LogP contribution in [-0.4, -0.2) is 0 Å². The summed E-state index contributed by atoms with van der Waals surface area (Å²) < 4.78 is 6.53. The maximum Gasteiger partial charge on any atom is 0.0836 e. The van der Waals surface area contributed by atoms with Gasteiger partial charge >= 0.3 is 0 Å². The van der Waals surface area contributed by atoms with Crippen LogP contribution in [0.15, 0.2) is 86.0 Å². The van der Waals surface area contributed by atoms with Gasteiger partial charge in [-0.05, 0) is 36.8 Å². The van der Waals surface area contributed by atoms with Crippen molar-refractivity contribution in [2.75, 3.05) is 0 Å². The lowest BCUT2D eigenvalue weighted by atomic mass is 10.0. The number of benzene rings is 2. The second kappa shape index (κ2) is 9.81. The van der Waals surface area contributed by atoms with E-state index in [1.54, 1.807) is 0 Å². The third-order valence-electron chi connectivity index (χ3n) is 3.94. The minimum absolute atomic E-state index is 0.0872. The van der Waals surface area contributed by atoms with E-state index in [2.05, 4.69) is 61.7 Å². The van der Waals surface area contributed by atoms with E-state index >= 15 is 0 Å². The van der Waals surface area contributed by atoms with E-state index in [0.29, 0.717) is 0 Å². The molecule has 1 heteroatoms. The summed E-state index contributed by atoms with van der Waals surface area (Å²) in [6, 6.07) is 20.9. The first-order valence-electron chi connectivity index (χ1n) is 8.32. The van der Waals surface area contributed by atoms with E-state index in [1.165, 1.54) is 11.1 Å². The maximum absolute atomic E-state index is 6.53. The zero-order valence-electron chi connectivity index (χ0n) is 13.7. The van der Waals surface area contributed by atoms with Crippen molar-refractivity contribution in [3.63, 3.8) is 0 Å². The molecule has 2 unspecified atom stereocenters. The molecule has 0 aliphatic carbocycles. The van der Waals surface area contributed by atoms with E-state index in [0.717, 1.165) is 25.7 Å². The summed E-state index contributed by atoms with van der Waals surface area (Å²) in [6.45, 7) is 7.69. The van der Waals surface area contributed by atoms with Gasteiger partial charge in [0.2, 0.25) is 0 Å². The van der Waals surface area contributed by atoms with Crippen LogP contribution in [0.5, 0.6) is 0 Å². The monoisotopic (exact) mass is 306 g/mol. The normalized spacial score (nSPS) is 13.2. The Morgan fingerprint density at radius 2 is 1.09 bits per heavy atom. The lowest BCUT2D eigenvalue weighted by Gasteiger charge is -2.25. The van der Waals surface area contributed by atoms with Crippen molar-refractivity contribution >= 4 is 0 Å². The summed E-state index contributed by atoms with van der Waals surface area (Å²) in [5.74, 6) is 0. The van der Waals surface area contributed by atoms with Crippen LogP contribution in [0.4, 0.5) is 0 Å². The molecule has 2 aromatic carbocycles. The molecule has 1 nitrogen and oxygen atoms in total. The highest BCUT2D eigenvalue weighted by Crippen LogP contribution is 2.32. The molecule has 0 amide bonds. The van der Waals surface area contributed by atoms with Crippen molar-refractivity contribution in [2.24, 2.45) is 0 Å². The zero-order valence-corrected chi connectivity index (χ0v) is 13.7. The van der Waals surface area contributed by atoms with Crippen molar-refractivity contribution in [1.29, 1.82) is 0 Å². The van der Waals surface area contributed by atoms with E-state index in [-0.39, 0.29) is 12.2 Å². The molecule has 120 valence electrons. The van der Waals surface area contributed by atoms with E-state index < -0.39 is 0 Å². The number of ether oxygens (including phenoxy) is 1. The summed E-state index contributed by atoms with van der Waals surface area (Å²) in [5.41, 5.74) is 2.46. The van der Waals surface area contributed by atoms with Crippen molar-refractivity contribution in [2.45, 2.75) is 37.9 Å². The highest BCUT2D eigenvalue weighted by atomic mass is 16.5. The Hall–Kier alpha value is -2.12. The third-order valence-corrected chi connectivity index (χ3v) is 3.94. The first-order valence-corrected chi connectivity index (χ1v) is 8.32. The van der Waals surface area contributed by atoms with Crippen LogP contribution in [0.3, 0.4) is 0 Å². The summed E-state index contributed by atoms with van der Waals surface area (Å²) in [4.78, 5) is 0. The predicted octanol–water partition coefficient (Wildman–Crippen LogP) is 6.42. The van der Waals surface area contributed by atoms with Gasteiger partial charge in [-0.2, -0.15) is 0 Å². The largest absolute Gasteiger partial charge is 0.366 e. The molecule has 0 saturated heterocycles. The van der Waals surface area contributed by atoms with Crippen LogP contribution in [0.1, 0.15) is 49.0 Å². The van der Waals surface area contributed by atoms with Gasteiger partial charge in [0.1, 0.15) is 0 Å². The van der Waals surface area contributed by atoms with Crippen molar-refractivity contribution in [1.82, 2.24) is 0 Å². The molecular weight excluding hydrogens is 280 g/mol. The summed E-state index contributed by atoms with van der Waals surface area (Å²) >= 11 is 0. The van der Waals surface area contributed by atoms with Gasteiger partial charge in [0.25, 0.3) is 0 Å². The van der Waals surface area contributed by atoms with E-state index in [1.807, 2.05) is 24.3 Å². The molecule has 0 bridgehead atoms. The summed E-state index contributed by atoms with van der Waals surface area (Å²) in [7, 11) is 0. The Morgan fingerprint density at radius 3 is 1.43 bits per heavy atom. The van der Waals surface area contributed by atoms with Gasteiger partial charge in [0, 0.05) is 0 Å². The number of allylic oxidation sites excluding steroid dienone is 2. The SMILES string of the molecule is C=CCCC(OC(CCC=C)c1ccccc1)c1ccccc1. The Bertz CT molecular complexity index is 520. The smallest absolute Gasteiger partial charge is 0.0836 e. The number of hydrogen-bond acceptors (Lipinski definition) is 1. The Morgan fingerprint density at radius 1 is 0.696 bits per heavy atom. The molecule has 0 N–H and O–H groups in total. The number of rotatable bonds is 10. The average molecular weight is 306 g/mol. The Kier molecular flexibility index (Phi) is 7.35. The fourth-order valence-corrected chi connectivity index (χ4v) is 2.70. The summed E-state index contributed by atoms with van der Waals surface area (Å²) in [5, 5.41) is 0. The Labute approximate surface area is 140 Å². The molecule has 0 spiro atoms. The fraction of sp³-hybridized carbons (Fsp3) is 0.273. The molecule has 2 atom stereocenters. The highest BCUT2D eigenvalue weighted by molar-refractivity contribution is 5.20. The average Bonchev–Trinajstić information content (AvgIpc) is 2.62. The maximum atomic E-state index is 6.53. The van der Waals surface area contributed by atoms with E-state index in [9.17, 15) is 0 Å². The molecule has 0 aromatic heterocycles. The first kappa shape index (κ1) is 17.2. The molecule has 23 heavy (non-hydrogen) atoms. The molecule has 0 aliphatic heterocycles. The fourth-order valence-electron chi connectivity index (χ4n) is 2.70. The van der Waals surface area contributed by atoms with Crippen molar-refractivity contribution < 1.29 is 4.74 Å². The topological polar surface area (TPSA) is 9.23 Å². The second-order valence-electron chi connectivity index (χ2n) is 5.67. The van der Waals surface area contributed by atoms with Crippen LogP contribution >= 0.6 is 0 Å². The van der Waals surface area contributed by atoms with Gasteiger partial charge in [-0.25, -0.2) is 0 Å². The van der Waals surface area contributed by atoms with Crippen molar-refractivity contribution in [3.05, 3.63) is 97.1 Å². The lowest BCUT2D eigenvalue weighted by Crippen LogP contribution is -2.11. The van der Waals surface area contributed by atoms with Gasteiger partial charge in [0.05, 0.1) is 12.2 Å². The minimum atomic E-state index is 0.0872. The lowest BCUT2D eigenvalue weighted by molar-refractivity contribution is -0.0230. The van der Waals surface area contributed by atoms with Gasteiger partial charge in [-0.1, -0.05) is 72.8 Å². The molecule has 0 saturated carbocycles. The molecule has 2 rings (SSSR count). The van der Waals surface area contributed by atoms with Crippen LogP contribution < -0.4 is 0 Å². The quantitative estimate of drug-likeness (QED) is 0.460. The number of hydrogen-bond donors (Lipinski definition) is 0. The van der Waals surface area contributed by atoms with Crippen LogP contribution in [0.25, 0.3) is 0 Å². The minimum Gasteiger partial charge on any atom is -0.366 e. The van der Waals surface area contributed by atoms with Gasteiger partial charge in [0.15, 0.2) is 0 Å². The van der Waals surface area contributed by atoms with Gasteiger partial charge < -0.3 is 4.74 Å².